The molecule has 7 nitrogen and oxygen atoms in total. The summed E-state index contributed by atoms with van der Waals surface area (Å²) in [7, 11) is -1.37. The minimum Gasteiger partial charge on any atom is -0.385 e. The van der Waals surface area contributed by atoms with E-state index in [4.69, 9.17) is 16.3 Å². The number of halogens is 1. The quantitative estimate of drug-likeness (QED) is 0.685. The molecule has 2 atom stereocenters. The van der Waals surface area contributed by atoms with Crippen molar-refractivity contribution in [2.24, 2.45) is 4.99 Å². The number of benzene rings is 1. The van der Waals surface area contributed by atoms with Crippen LogP contribution in [0.1, 0.15) is 16.8 Å². The maximum atomic E-state index is 12.2. The summed E-state index contributed by atoms with van der Waals surface area (Å²) in [6, 6.07) is 4.77. The molecule has 2 heterocycles. The highest BCUT2D eigenvalue weighted by Crippen LogP contribution is 2.35. The van der Waals surface area contributed by atoms with Crippen LogP contribution in [0.5, 0.6) is 0 Å². The van der Waals surface area contributed by atoms with Crippen molar-refractivity contribution in [1.82, 2.24) is 5.32 Å². The third kappa shape index (κ3) is 4.70. The van der Waals surface area contributed by atoms with Gasteiger partial charge in [-0.15, -0.1) is 0 Å². The zero-order chi connectivity index (χ0) is 18.7. The first-order valence-corrected chi connectivity index (χ1v) is 11.2. The molecule has 142 valence electrons. The van der Waals surface area contributed by atoms with Crippen LogP contribution in [0.2, 0.25) is 5.02 Å². The largest absolute Gasteiger partial charge is 0.385 e. The predicted molar refractivity (Wildman–Crippen MR) is 105 cm³/mol. The van der Waals surface area contributed by atoms with E-state index in [0.717, 1.165) is 6.42 Å². The average molecular weight is 418 g/mol. The molecule has 1 aromatic carbocycles. The zero-order valence-corrected chi connectivity index (χ0v) is 16.6. The number of aliphatic imine (C=N–C) groups is 1. The van der Waals surface area contributed by atoms with E-state index in [1.807, 2.05) is 0 Å². The number of ether oxygens (including phenoxy) is 1. The first-order valence-electron chi connectivity index (χ1n) is 8.16. The number of amidine groups is 1. The number of nitrogens with one attached hydrogen (secondary N) is 2. The number of nitrogens with zero attached hydrogens (tertiary/aromatic N) is 1. The number of hydrogen-bond donors (Lipinski definition) is 2. The number of fused-ring (bicyclic) bond motifs is 1. The second-order valence-electron chi connectivity index (χ2n) is 6.16. The van der Waals surface area contributed by atoms with Crippen molar-refractivity contribution in [3.8, 4) is 0 Å². The molecule has 0 aromatic heterocycles. The maximum absolute atomic E-state index is 12.2. The first-order chi connectivity index (χ1) is 12.4. The van der Waals surface area contributed by atoms with Crippen molar-refractivity contribution in [1.29, 1.82) is 0 Å². The topological polar surface area (TPSA) is 96.9 Å². The van der Waals surface area contributed by atoms with E-state index in [2.05, 4.69) is 15.6 Å². The number of hydrogen-bond acceptors (Lipinski definition) is 7. The Morgan fingerprint density at radius 2 is 2.23 bits per heavy atom. The van der Waals surface area contributed by atoms with E-state index in [0.29, 0.717) is 34.6 Å². The molecule has 1 aromatic rings. The summed E-state index contributed by atoms with van der Waals surface area (Å²) < 4.78 is 28.2. The second-order valence-corrected chi connectivity index (χ2v) is 9.95. The molecule has 1 saturated heterocycles. The van der Waals surface area contributed by atoms with Gasteiger partial charge in [-0.05, 0) is 24.6 Å². The molecule has 2 aliphatic rings. The highest BCUT2D eigenvalue weighted by atomic mass is 35.5. The molecule has 0 radical (unpaired) electrons. The van der Waals surface area contributed by atoms with Crippen molar-refractivity contribution < 1.29 is 17.9 Å². The molecule has 0 saturated carbocycles. The Labute approximate surface area is 161 Å². The summed E-state index contributed by atoms with van der Waals surface area (Å²) in [4.78, 5) is 16.7. The maximum Gasteiger partial charge on any atom is 0.251 e. The predicted octanol–water partition coefficient (Wildman–Crippen LogP) is 1.79. The van der Waals surface area contributed by atoms with Crippen LogP contribution in [-0.2, 0) is 14.6 Å². The van der Waals surface area contributed by atoms with E-state index in [1.54, 1.807) is 25.3 Å². The van der Waals surface area contributed by atoms with Crippen LogP contribution >= 0.6 is 23.4 Å². The molecular weight excluding hydrogens is 398 g/mol. The summed E-state index contributed by atoms with van der Waals surface area (Å²) in [6.07, 6.45) is 0.736. The van der Waals surface area contributed by atoms with Gasteiger partial charge < -0.3 is 15.4 Å². The SMILES string of the molecule is COCCCNC(=O)c1ccc(Cl)c(NC2=N[C@H]3CS(=O)(=O)C[C@H]3S2)c1. The number of methoxy groups -OCH3 is 1. The highest BCUT2D eigenvalue weighted by molar-refractivity contribution is 8.15. The van der Waals surface area contributed by atoms with Crippen LogP contribution in [-0.4, -0.2) is 62.6 Å². The molecule has 3 rings (SSSR count). The number of amides is 1. The Balaban J connectivity index is 1.65. The molecule has 26 heavy (non-hydrogen) atoms. The van der Waals surface area contributed by atoms with Crippen LogP contribution in [0.4, 0.5) is 5.69 Å². The molecule has 1 fully saturated rings. The Kier molecular flexibility index (Phi) is 6.11. The molecule has 0 unspecified atom stereocenters. The normalized spacial score (nSPS) is 23.4. The summed E-state index contributed by atoms with van der Waals surface area (Å²) in [6.45, 7) is 1.11. The minimum absolute atomic E-state index is 0.0476. The Hall–Kier alpha value is -1.29. The minimum atomic E-state index is -2.98. The summed E-state index contributed by atoms with van der Waals surface area (Å²) in [5, 5.41) is 7.00. The van der Waals surface area contributed by atoms with E-state index >= 15 is 0 Å². The van der Waals surface area contributed by atoms with Crippen LogP contribution in [0, 0.1) is 0 Å². The Morgan fingerprint density at radius 1 is 1.42 bits per heavy atom. The van der Waals surface area contributed by atoms with Crippen molar-refractivity contribution >= 4 is 50.0 Å². The van der Waals surface area contributed by atoms with Crippen LogP contribution < -0.4 is 10.6 Å². The molecule has 0 bridgehead atoms. The van der Waals surface area contributed by atoms with Crippen molar-refractivity contribution in [3.05, 3.63) is 28.8 Å². The lowest BCUT2D eigenvalue weighted by atomic mass is 10.2. The van der Waals surface area contributed by atoms with Gasteiger partial charge >= 0.3 is 0 Å². The second kappa shape index (κ2) is 8.16. The van der Waals surface area contributed by atoms with E-state index in [-0.39, 0.29) is 28.7 Å². The molecule has 0 spiro atoms. The molecule has 1 amide bonds. The van der Waals surface area contributed by atoms with Crippen molar-refractivity contribution in [3.63, 3.8) is 0 Å². The van der Waals surface area contributed by atoms with Gasteiger partial charge in [0.1, 0.15) is 0 Å². The fourth-order valence-electron chi connectivity index (χ4n) is 2.81. The van der Waals surface area contributed by atoms with Gasteiger partial charge in [0, 0.05) is 31.1 Å². The number of carbonyl (C=O) groups is 1. The standard InChI is InChI=1S/C16H20ClN3O4S2/c1-24-6-2-5-18-15(21)10-3-4-11(17)12(7-10)19-16-20-13-8-26(22,23)9-14(13)25-16/h3-4,7,13-14H,2,5-6,8-9H2,1H3,(H,18,21)(H,19,20)/t13-,14+/m0/s1. The lowest BCUT2D eigenvalue weighted by molar-refractivity contribution is 0.0948. The Bertz CT molecular complexity index is 829. The molecule has 0 aliphatic carbocycles. The van der Waals surface area contributed by atoms with Gasteiger partial charge in [0.05, 0.1) is 28.3 Å². The van der Waals surface area contributed by atoms with Gasteiger partial charge in [0.15, 0.2) is 15.0 Å². The highest BCUT2D eigenvalue weighted by Gasteiger charge is 2.42. The third-order valence-electron chi connectivity index (χ3n) is 4.10. The van der Waals surface area contributed by atoms with Crippen LogP contribution in [0.15, 0.2) is 23.2 Å². The lowest BCUT2D eigenvalue weighted by Crippen LogP contribution is -2.25. The lowest BCUT2D eigenvalue weighted by Gasteiger charge is -2.11. The van der Waals surface area contributed by atoms with Crippen molar-refractivity contribution in [2.75, 3.05) is 37.1 Å². The van der Waals surface area contributed by atoms with Gasteiger partial charge in [-0.2, -0.15) is 0 Å². The van der Waals surface area contributed by atoms with Gasteiger partial charge in [-0.3, -0.25) is 9.79 Å². The smallest absolute Gasteiger partial charge is 0.251 e. The van der Waals surface area contributed by atoms with Crippen LogP contribution in [0.25, 0.3) is 0 Å². The molecule has 2 N–H and O–H groups in total. The van der Waals surface area contributed by atoms with Gasteiger partial charge in [0.2, 0.25) is 0 Å². The summed E-state index contributed by atoms with van der Waals surface area (Å²) in [5.74, 6) is 0.0483. The summed E-state index contributed by atoms with van der Waals surface area (Å²) in [5.41, 5.74) is 1.06. The van der Waals surface area contributed by atoms with Gasteiger partial charge in [-0.1, -0.05) is 23.4 Å². The van der Waals surface area contributed by atoms with E-state index in [9.17, 15) is 13.2 Å². The number of anilines is 1. The zero-order valence-electron chi connectivity index (χ0n) is 14.2. The third-order valence-corrected chi connectivity index (χ3v) is 7.57. The van der Waals surface area contributed by atoms with E-state index in [1.165, 1.54) is 11.8 Å². The number of thioether (sulfide) groups is 1. The van der Waals surface area contributed by atoms with Gasteiger partial charge in [0.25, 0.3) is 5.91 Å². The Morgan fingerprint density at radius 3 is 2.96 bits per heavy atom. The number of carbonyl (C=O) groups excluding carboxylic acids is 1. The monoisotopic (exact) mass is 417 g/mol. The molecular formula is C16H20ClN3O4S2. The molecule has 2 aliphatic heterocycles. The fraction of sp³-hybridized carbons (Fsp3) is 0.500. The van der Waals surface area contributed by atoms with Crippen LogP contribution in [0.3, 0.4) is 0 Å². The van der Waals surface area contributed by atoms with E-state index < -0.39 is 9.84 Å². The first kappa shape index (κ1) is 19.5. The number of sulfone groups is 1. The molecule has 10 heteroatoms. The summed E-state index contributed by atoms with van der Waals surface area (Å²) >= 11 is 7.63. The fourth-order valence-corrected chi connectivity index (χ4v) is 6.65. The van der Waals surface area contributed by atoms with Gasteiger partial charge in [-0.25, -0.2) is 8.42 Å². The van der Waals surface area contributed by atoms with Crippen molar-refractivity contribution in [2.45, 2.75) is 17.7 Å². The average Bonchev–Trinajstić information content (AvgIpc) is 3.06. The number of rotatable bonds is 6.